The van der Waals surface area contributed by atoms with Crippen molar-refractivity contribution in [1.82, 2.24) is 15.0 Å². The van der Waals surface area contributed by atoms with E-state index in [4.69, 9.17) is 19.9 Å². The number of amides is 1. The molecule has 0 bridgehead atoms. The molecule has 41 heavy (non-hydrogen) atoms. The smallest absolute Gasteiger partial charge is 0.413 e. The minimum atomic E-state index is -0.526. The van der Waals surface area contributed by atoms with Gasteiger partial charge in [0, 0.05) is 21.5 Å². The van der Waals surface area contributed by atoms with E-state index in [1.807, 2.05) is 66.7 Å². The molecular formula is C29H24IN5O4S2. The molecule has 0 fully saturated rings. The predicted octanol–water partition coefficient (Wildman–Crippen LogP) is 7.61. The number of aromatic nitrogens is 3. The Balaban J connectivity index is 0.000000169. The SMILES string of the molecule is COc1ccc(-c2ccncc2)c2sc(N)nc12.COc1ccc(I)c2sc(NC(=O)OCc3ccccc3)nc12. The Morgan fingerprint density at radius 3 is 2.27 bits per heavy atom. The standard InChI is InChI=1S/C16H13IN2O3S.C13H11N3OS/c1-21-12-8-7-11(17)14-13(12)18-15(23-14)19-16(20)22-9-10-5-3-2-4-6-10;1-17-10-3-2-9(8-4-6-15-7-5-8)12-11(10)16-13(14)18-12/h2-8H,9H2,1H3,(H,18,19,20);2-7H,1H3,(H2,14,16). The number of nitrogen functional groups attached to an aromatic ring is 1. The summed E-state index contributed by atoms with van der Waals surface area (Å²) in [5.41, 5.74) is 10.5. The van der Waals surface area contributed by atoms with Crippen LogP contribution in [0.2, 0.25) is 0 Å². The van der Waals surface area contributed by atoms with Crippen LogP contribution in [0.1, 0.15) is 5.56 Å². The second kappa shape index (κ2) is 13.1. The number of rotatable bonds is 6. The van der Waals surface area contributed by atoms with Gasteiger partial charge in [0.2, 0.25) is 0 Å². The number of thiazole rings is 2. The maximum Gasteiger partial charge on any atom is 0.413 e. The van der Waals surface area contributed by atoms with E-state index in [2.05, 4.69) is 42.9 Å². The van der Waals surface area contributed by atoms with E-state index in [1.165, 1.54) is 22.7 Å². The summed E-state index contributed by atoms with van der Waals surface area (Å²) in [6.07, 6.45) is 3.02. The Labute approximate surface area is 257 Å². The Kier molecular flexibility index (Phi) is 9.11. The van der Waals surface area contributed by atoms with Crippen LogP contribution in [0.3, 0.4) is 0 Å². The number of carbonyl (C=O) groups excluding carboxylic acids is 1. The summed E-state index contributed by atoms with van der Waals surface area (Å²) in [4.78, 5) is 24.7. The second-order valence-corrected chi connectivity index (χ2v) is 11.6. The summed E-state index contributed by atoms with van der Waals surface area (Å²) in [7, 11) is 3.23. The zero-order valence-corrected chi connectivity index (χ0v) is 25.7. The van der Waals surface area contributed by atoms with Crippen LogP contribution >= 0.6 is 45.3 Å². The van der Waals surface area contributed by atoms with E-state index in [-0.39, 0.29) is 6.61 Å². The van der Waals surface area contributed by atoms with Crippen LogP contribution in [-0.4, -0.2) is 35.3 Å². The molecule has 3 aromatic carbocycles. The quantitative estimate of drug-likeness (QED) is 0.171. The van der Waals surface area contributed by atoms with Crippen molar-refractivity contribution in [3.63, 3.8) is 0 Å². The van der Waals surface area contributed by atoms with Crippen molar-refractivity contribution in [2.45, 2.75) is 6.61 Å². The summed E-state index contributed by atoms with van der Waals surface area (Å²) in [5, 5.41) is 3.70. The highest BCUT2D eigenvalue weighted by Crippen LogP contribution is 2.38. The number of carbonyl (C=O) groups is 1. The van der Waals surface area contributed by atoms with Crippen molar-refractivity contribution in [2.24, 2.45) is 0 Å². The molecule has 6 rings (SSSR count). The van der Waals surface area contributed by atoms with Crippen LogP contribution in [0, 0.1) is 3.57 Å². The molecule has 9 nitrogen and oxygen atoms in total. The Morgan fingerprint density at radius 2 is 1.56 bits per heavy atom. The van der Waals surface area contributed by atoms with E-state index in [9.17, 15) is 4.79 Å². The van der Waals surface area contributed by atoms with Gasteiger partial charge in [-0.2, -0.15) is 0 Å². The second-order valence-electron chi connectivity index (χ2n) is 8.41. The van der Waals surface area contributed by atoms with Crippen molar-refractivity contribution >= 4 is 82.1 Å². The molecule has 0 saturated heterocycles. The fourth-order valence-corrected chi connectivity index (χ4v) is 6.46. The van der Waals surface area contributed by atoms with Crippen LogP contribution < -0.4 is 20.5 Å². The normalized spacial score (nSPS) is 10.6. The lowest BCUT2D eigenvalue weighted by molar-refractivity contribution is 0.155. The van der Waals surface area contributed by atoms with Gasteiger partial charge in [0.1, 0.15) is 29.1 Å². The molecule has 0 aliphatic heterocycles. The third kappa shape index (κ3) is 6.66. The average molecular weight is 698 g/mol. The first-order chi connectivity index (χ1) is 20.0. The molecule has 208 valence electrons. The van der Waals surface area contributed by atoms with E-state index in [0.717, 1.165) is 46.4 Å². The monoisotopic (exact) mass is 697 g/mol. The number of hydrogen-bond acceptors (Lipinski definition) is 10. The van der Waals surface area contributed by atoms with Gasteiger partial charge < -0.3 is 19.9 Å². The molecule has 3 heterocycles. The van der Waals surface area contributed by atoms with Crippen LogP contribution in [0.4, 0.5) is 15.1 Å². The number of ether oxygens (including phenoxy) is 3. The number of nitrogens with one attached hydrogen (secondary N) is 1. The highest BCUT2D eigenvalue weighted by atomic mass is 127. The van der Waals surface area contributed by atoms with E-state index >= 15 is 0 Å². The van der Waals surface area contributed by atoms with Crippen LogP contribution in [0.15, 0.2) is 79.1 Å². The largest absolute Gasteiger partial charge is 0.494 e. The van der Waals surface area contributed by atoms with Crippen LogP contribution in [0.25, 0.3) is 31.6 Å². The lowest BCUT2D eigenvalue weighted by Crippen LogP contribution is -2.13. The summed E-state index contributed by atoms with van der Waals surface area (Å²) in [5.74, 6) is 1.43. The van der Waals surface area contributed by atoms with E-state index in [1.54, 1.807) is 26.6 Å². The predicted molar refractivity (Wildman–Crippen MR) is 173 cm³/mol. The summed E-state index contributed by atoms with van der Waals surface area (Å²) < 4.78 is 18.9. The number of benzene rings is 3. The van der Waals surface area contributed by atoms with Gasteiger partial charge in [-0.15, -0.1) is 0 Å². The van der Waals surface area contributed by atoms with Gasteiger partial charge in [-0.1, -0.05) is 53.0 Å². The van der Waals surface area contributed by atoms with E-state index < -0.39 is 6.09 Å². The highest BCUT2D eigenvalue weighted by molar-refractivity contribution is 14.1. The van der Waals surface area contributed by atoms with Gasteiger partial charge in [0.15, 0.2) is 10.3 Å². The molecule has 6 aromatic rings. The average Bonchev–Trinajstić information content (AvgIpc) is 3.61. The van der Waals surface area contributed by atoms with E-state index in [0.29, 0.717) is 16.0 Å². The molecule has 3 aromatic heterocycles. The zero-order valence-electron chi connectivity index (χ0n) is 22.0. The number of anilines is 2. The van der Waals surface area contributed by atoms with Gasteiger partial charge in [0.05, 0.1) is 23.6 Å². The van der Waals surface area contributed by atoms with Gasteiger partial charge in [-0.25, -0.2) is 14.8 Å². The summed E-state index contributed by atoms with van der Waals surface area (Å²) in [6, 6.07) is 21.2. The Hall–Kier alpha value is -4.01. The minimum Gasteiger partial charge on any atom is -0.494 e. The summed E-state index contributed by atoms with van der Waals surface area (Å²) >= 11 is 5.10. The van der Waals surface area contributed by atoms with Crippen LogP contribution in [0.5, 0.6) is 11.5 Å². The Bertz CT molecular complexity index is 1800. The first-order valence-electron chi connectivity index (χ1n) is 12.2. The molecule has 0 atom stereocenters. The first-order valence-corrected chi connectivity index (χ1v) is 14.9. The molecule has 0 spiro atoms. The molecule has 0 saturated carbocycles. The number of hydrogen-bond donors (Lipinski definition) is 2. The Morgan fingerprint density at radius 1 is 0.878 bits per heavy atom. The number of fused-ring (bicyclic) bond motifs is 2. The molecular weight excluding hydrogens is 673 g/mol. The summed E-state index contributed by atoms with van der Waals surface area (Å²) in [6.45, 7) is 0.221. The molecule has 1 amide bonds. The molecule has 12 heteroatoms. The number of nitrogens with two attached hydrogens (primary N) is 1. The maximum absolute atomic E-state index is 11.9. The van der Waals surface area contributed by atoms with Crippen molar-refractivity contribution in [3.8, 4) is 22.6 Å². The number of methoxy groups -OCH3 is 2. The van der Waals surface area contributed by atoms with Crippen LogP contribution in [-0.2, 0) is 11.3 Å². The highest BCUT2D eigenvalue weighted by Gasteiger charge is 2.15. The fraction of sp³-hybridized carbons (Fsp3) is 0.103. The maximum atomic E-state index is 11.9. The van der Waals surface area contributed by atoms with Gasteiger partial charge >= 0.3 is 6.09 Å². The van der Waals surface area contributed by atoms with Gasteiger partial charge in [-0.3, -0.25) is 10.3 Å². The fourth-order valence-electron chi connectivity index (χ4n) is 3.94. The minimum absolute atomic E-state index is 0.221. The molecule has 0 aliphatic carbocycles. The van der Waals surface area contributed by atoms with Crippen molar-refractivity contribution in [1.29, 1.82) is 0 Å². The number of pyridine rings is 1. The van der Waals surface area contributed by atoms with Gasteiger partial charge in [0.25, 0.3) is 0 Å². The zero-order chi connectivity index (χ0) is 28.8. The first kappa shape index (κ1) is 28.5. The lowest BCUT2D eigenvalue weighted by Gasteiger charge is -2.05. The number of nitrogens with zero attached hydrogens (tertiary/aromatic N) is 3. The third-order valence-electron chi connectivity index (χ3n) is 5.83. The van der Waals surface area contributed by atoms with Crippen molar-refractivity contribution in [2.75, 3.05) is 25.3 Å². The molecule has 0 unspecified atom stereocenters. The van der Waals surface area contributed by atoms with Gasteiger partial charge in [-0.05, 0) is 70.1 Å². The lowest BCUT2D eigenvalue weighted by atomic mass is 10.1. The van der Waals surface area contributed by atoms with Crippen molar-refractivity contribution in [3.05, 3.63) is 88.3 Å². The van der Waals surface area contributed by atoms with Crippen molar-refractivity contribution < 1.29 is 19.0 Å². The third-order valence-corrected chi connectivity index (χ3v) is 9.02. The molecule has 0 radical (unpaired) electrons. The number of halogens is 1. The molecule has 0 aliphatic rings. The molecule has 3 N–H and O–H groups in total. The topological polar surface area (TPSA) is 121 Å².